The van der Waals surface area contributed by atoms with E-state index in [-0.39, 0.29) is 5.91 Å². The first kappa shape index (κ1) is 19.7. The van der Waals surface area contributed by atoms with Crippen molar-refractivity contribution in [3.63, 3.8) is 0 Å². The molecule has 0 spiro atoms. The maximum atomic E-state index is 12.5. The Morgan fingerprint density at radius 3 is 2.39 bits per heavy atom. The van der Waals surface area contributed by atoms with E-state index in [0.29, 0.717) is 13.1 Å². The lowest BCUT2D eigenvalue weighted by Gasteiger charge is -2.34. The van der Waals surface area contributed by atoms with Crippen LogP contribution in [0.3, 0.4) is 0 Å². The summed E-state index contributed by atoms with van der Waals surface area (Å²) in [6, 6.07) is 9.59. The fourth-order valence-corrected chi connectivity index (χ4v) is 3.02. The van der Waals surface area contributed by atoms with Gasteiger partial charge in [-0.1, -0.05) is 12.1 Å². The normalized spacial score (nSPS) is 14.4. The number of hydrogen-bond donors (Lipinski definition) is 0. The van der Waals surface area contributed by atoms with E-state index in [4.69, 9.17) is 4.74 Å². The molecular weight excluding hydrogens is 354 g/mol. The Bertz CT molecular complexity index is 840. The number of amides is 1. The first-order chi connectivity index (χ1) is 13.5. The highest BCUT2D eigenvalue weighted by molar-refractivity contribution is 5.92. The minimum absolute atomic E-state index is 0.0228. The van der Waals surface area contributed by atoms with Gasteiger partial charge in [0.2, 0.25) is 11.9 Å². The van der Waals surface area contributed by atoms with Crippen LogP contribution in [0.4, 0.5) is 11.8 Å². The second-order valence-electron chi connectivity index (χ2n) is 6.98. The SMILES string of the molecule is COc1ccc(/C=C/C(=O)N2CCN(c3nc(C)cc(N(C)C)n3)CC2)cc1. The number of aromatic nitrogens is 2. The van der Waals surface area contributed by atoms with Crippen LogP contribution in [0.1, 0.15) is 11.3 Å². The molecule has 1 amide bonds. The Kier molecular flexibility index (Phi) is 6.13. The predicted octanol–water partition coefficient (Wildman–Crippen LogP) is 2.22. The second-order valence-corrected chi connectivity index (χ2v) is 6.98. The smallest absolute Gasteiger partial charge is 0.246 e. The summed E-state index contributed by atoms with van der Waals surface area (Å²) in [4.78, 5) is 27.7. The number of hydrogen-bond acceptors (Lipinski definition) is 6. The van der Waals surface area contributed by atoms with E-state index in [1.807, 2.05) is 67.2 Å². The lowest BCUT2D eigenvalue weighted by molar-refractivity contribution is -0.126. The van der Waals surface area contributed by atoms with E-state index in [0.717, 1.165) is 41.9 Å². The lowest BCUT2D eigenvalue weighted by Crippen LogP contribution is -2.49. The molecule has 0 bridgehead atoms. The third-order valence-corrected chi connectivity index (χ3v) is 4.70. The summed E-state index contributed by atoms with van der Waals surface area (Å²) >= 11 is 0. The average Bonchev–Trinajstić information content (AvgIpc) is 2.72. The van der Waals surface area contributed by atoms with Crippen molar-refractivity contribution < 1.29 is 9.53 Å². The molecule has 0 unspecified atom stereocenters. The molecule has 0 N–H and O–H groups in total. The van der Waals surface area contributed by atoms with E-state index in [9.17, 15) is 4.79 Å². The van der Waals surface area contributed by atoms with Crippen LogP contribution in [-0.4, -0.2) is 68.2 Å². The van der Waals surface area contributed by atoms with Crippen molar-refractivity contribution in [3.05, 3.63) is 47.7 Å². The van der Waals surface area contributed by atoms with Crippen molar-refractivity contribution in [2.24, 2.45) is 0 Å². The van der Waals surface area contributed by atoms with Gasteiger partial charge >= 0.3 is 0 Å². The molecule has 0 saturated carbocycles. The molecule has 7 nitrogen and oxygen atoms in total. The summed E-state index contributed by atoms with van der Waals surface area (Å²) in [5, 5.41) is 0. The largest absolute Gasteiger partial charge is 0.497 e. The predicted molar refractivity (Wildman–Crippen MR) is 112 cm³/mol. The highest BCUT2D eigenvalue weighted by Crippen LogP contribution is 2.18. The quantitative estimate of drug-likeness (QED) is 0.740. The minimum atomic E-state index is 0.0228. The summed E-state index contributed by atoms with van der Waals surface area (Å²) < 4.78 is 5.15. The summed E-state index contributed by atoms with van der Waals surface area (Å²) in [5.41, 5.74) is 1.91. The molecule has 0 aliphatic carbocycles. The Labute approximate surface area is 166 Å². The molecule has 1 aliphatic heterocycles. The molecule has 3 rings (SSSR count). The van der Waals surface area contributed by atoms with Gasteiger partial charge in [-0.2, -0.15) is 4.98 Å². The van der Waals surface area contributed by atoms with Crippen LogP contribution in [0, 0.1) is 6.92 Å². The van der Waals surface area contributed by atoms with E-state index < -0.39 is 0 Å². The number of nitrogens with zero attached hydrogens (tertiary/aromatic N) is 5. The molecule has 0 atom stereocenters. The molecule has 1 fully saturated rings. The number of carbonyl (C=O) groups excluding carboxylic acids is 1. The molecule has 2 heterocycles. The maximum absolute atomic E-state index is 12.5. The molecule has 148 valence electrons. The number of benzene rings is 1. The van der Waals surface area contributed by atoms with E-state index in [2.05, 4.69) is 14.9 Å². The van der Waals surface area contributed by atoms with Gasteiger partial charge in [0.1, 0.15) is 11.6 Å². The number of anilines is 2. The first-order valence-corrected chi connectivity index (χ1v) is 9.35. The molecule has 1 aromatic carbocycles. The summed E-state index contributed by atoms with van der Waals surface area (Å²) in [5.74, 6) is 2.44. The zero-order valence-corrected chi connectivity index (χ0v) is 16.9. The third-order valence-electron chi connectivity index (χ3n) is 4.70. The van der Waals surface area contributed by atoms with Crippen LogP contribution in [0.5, 0.6) is 5.75 Å². The van der Waals surface area contributed by atoms with Crippen molar-refractivity contribution in [1.29, 1.82) is 0 Å². The Morgan fingerprint density at radius 1 is 1.11 bits per heavy atom. The van der Waals surface area contributed by atoms with Gasteiger partial charge in [-0.15, -0.1) is 0 Å². The number of rotatable bonds is 5. The summed E-state index contributed by atoms with van der Waals surface area (Å²) in [6.45, 7) is 4.72. The summed E-state index contributed by atoms with van der Waals surface area (Å²) in [7, 11) is 5.58. The van der Waals surface area contributed by atoms with Crippen molar-refractivity contribution in [2.75, 3.05) is 57.2 Å². The molecule has 2 aromatic rings. The van der Waals surface area contributed by atoms with Gasteiger partial charge in [0, 0.05) is 58.1 Å². The Hall–Kier alpha value is -3.09. The van der Waals surface area contributed by atoms with Crippen molar-refractivity contribution in [2.45, 2.75) is 6.92 Å². The fourth-order valence-electron chi connectivity index (χ4n) is 3.02. The fraction of sp³-hybridized carbons (Fsp3) is 0.381. The van der Waals surface area contributed by atoms with Crippen LogP contribution < -0.4 is 14.5 Å². The second kappa shape index (κ2) is 8.73. The zero-order chi connectivity index (χ0) is 20.1. The van der Waals surface area contributed by atoms with E-state index in [1.54, 1.807) is 13.2 Å². The lowest BCUT2D eigenvalue weighted by atomic mass is 10.2. The van der Waals surface area contributed by atoms with Gasteiger partial charge in [0.05, 0.1) is 7.11 Å². The zero-order valence-electron chi connectivity index (χ0n) is 16.9. The standard InChI is InChI=1S/C21H27N5O2/c1-16-15-19(24(2)3)23-21(22-16)26-13-11-25(12-14-26)20(27)10-7-17-5-8-18(28-4)9-6-17/h5-10,15H,11-14H2,1-4H3/b10-7+. The van der Waals surface area contributed by atoms with Gasteiger partial charge in [-0.25, -0.2) is 4.98 Å². The Morgan fingerprint density at radius 2 is 1.79 bits per heavy atom. The van der Waals surface area contributed by atoms with Gasteiger partial charge < -0.3 is 19.4 Å². The van der Waals surface area contributed by atoms with Crippen molar-refractivity contribution >= 4 is 23.7 Å². The molecule has 7 heteroatoms. The number of methoxy groups -OCH3 is 1. The van der Waals surface area contributed by atoms with Crippen molar-refractivity contribution in [1.82, 2.24) is 14.9 Å². The molecule has 1 aliphatic rings. The van der Waals surface area contributed by atoms with Crippen LogP contribution in [0.2, 0.25) is 0 Å². The average molecular weight is 381 g/mol. The van der Waals surface area contributed by atoms with Gasteiger partial charge in [-0.05, 0) is 30.7 Å². The van der Waals surface area contributed by atoms with E-state index in [1.165, 1.54) is 0 Å². The topological polar surface area (TPSA) is 61.8 Å². The number of carbonyl (C=O) groups is 1. The monoisotopic (exact) mass is 381 g/mol. The Balaban J connectivity index is 1.58. The number of piperazine rings is 1. The summed E-state index contributed by atoms with van der Waals surface area (Å²) in [6.07, 6.45) is 3.46. The first-order valence-electron chi connectivity index (χ1n) is 9.35. The van der Waals surface area contributed by atoms with Gasteiger partial charge in [-0.3, -0.25) is 4.79 Å². The molecule has 1 aromatic heterocycles. The number of ether oxygens (including phenoxy) is 1. The molecule has 28 heavy (non-hydrogen) atoms. The van der Waals surface area contributed by atoms with E-state index >= 15 is 0 Å². The van der Waals surface area contributed by atoms with Crippen LogP contribution in [0.15, 0.2) is 36.4 Å². The third kappa shape index (κ3) is 4.79. The highest BCUT2D eigenvalue weighted by atomic mass is 16.5. The molecule has 1 saturated heterocycles. The molecular formula is C21H27N5O2. The van der Waals surface area contributed by atoms with Gasteiger partial charge in [0.15, 0.2) is 0 Å². The maximum Gasteiger partial charge on any atom is 0.246 e. The van der Waals surface area contributed by atoms with Crippen molar-refractivity contribution in [3.8, 4) is 5.75 Å². The number of aryl methyl sites for hydroxylation is 1. The minimum Gasteiger partial charge on any atom is -0.497 e. The van der Waals surface area contributed by atoms with Crippen LogP contribution >= 0.6 is 0 Å². The van der Waals surface area contributed by atoms with Gasteiger partial charge in [0.25, 0.3) is 0 Å². The molecule has 0 radical (unpaired) electrons. The van der Waals surface area contributed by atoms with Crippen LogP contribution in [0.25, 0.3) is 6.08 Å². The van der Waals surface area contributed by atoms with Crippen LogP contribution in [-0.2, 0) is 4.79 Å². The highest BCUT2D eigenvalue weighted by Gasteiger charge is 2.22.